The standard InChI is InChI=1S/C60H37NS/c1-4-16-38(17-5-1)42-32-52(40-20-8-3-9-21-40)59-55(34-42)56-35-43(39-18-6-2-7-19-39)33-53(60(56)62-59)41-28-30-51-50-26-14-15-27-57(50)61(58(51)36-41)44-29-31-49-47-24-11-10-22-45(47)46-23-12-13-25-48(46)54(49)37-44/h1-37H. The van der Waals surface area contributed by atoms with E-state index < -0.39 is 0 Å². The van der Waals surface area contributed by atoms with Crippen molar-refractivity contribution in [2.24, 2.45) is 0 Å². The first-order valence-electron chi connectivity index (χ1n) is 21.3. The van der Waals surface area contributed by atoms with Gasteiger partial charge in [0.05, 0.1) is 11.0 Å². The van der Waals surface area contributed by atoms with Gasteiger partial charge in [-0.15, -0.1) is 11.3 Å². The lowest BCUT2D eigenvalue weighted by atomic mass is 9.93. The number of hydrogen-bond donors (Lipinski definition) is 0. The fraction of sp³-hybridized carbons (Fsp3) is 0. The molecule has 0 atom stereocenters. The van der Waals surface area contributed by atoms with Gasteiger partial charge in [0.15, 0.2) is 0 Å². The third-order valence-electron chi connectivity index (χ3n) is 12.9. The van der Waals surface area contributed by atoms with Gasteiger partial charge in [-0.25, -0.2) is 0 Å². The average molecular weight is 804 g/mol. The lowest BCUT2D eigenvalue weighted by Gasteiger charge is -2.14. The van der Waals surface area contributed by atoms with Crippen LogP contribution in [-0.2, 0) is 0 Å². The van der Waals surface area contributed by atoms with Gasteiger partial charge < -0.3 is 4.57 Å². The van der Waals surface area contributed by atoms with E-state index in [2.05, 4.69) is 229 Å². The molecule has 288 valence electrons. The van der Waals surface area contributed by atoms with Gasteiger partial charge in [-0.2, -0.15) is 0 Å². The van der Waals surface area contributed by atoms with Crippen LogP contribution in [0.5, 0.6) is 0 Å². The van der Waals surface area contributed by atoms with E-state index in [-0.39, 0.29) is 0 Å². The Labute approximate surface area is 363 Å². The lowest BCUT2D eigenvalue weighted by molar-refractivity contribution is 1.19. The van der Waals surface area contributed by atoms with Crippen molar-refractivity contribution < 1.29 is 0 Å². The second-order valence-electron chi connectivity index (χ2n) is 16.4. The lowest BCUT2D eigenvalue weighted by Crippen LogP contribution is -1.95. The first-order chi connectivity index (χ1) is 30.7. The maximum Gasteiger partial charge on any atom is 0.0547 e. The summed E-state index contributed by atoms with van der Waals surface area (Å²) in [5, 5.41) is 12.8. The molecule has 13 rings (SSSR count). The normalized spacial score (nSPS) is 11.9. The van der Waals surface area contributed by atoms with E-state index in [4.69, 9.17) is 0 Å². The zero-order valence-electron chi connectivity index (χ0n) is 33.7. The van der Waals surface area contributed by atoms with Crippen LogP contribution in [-0.4, -0.2) is 4.57 Å². The molecule has 2 heteroatoms. The minimum atomic E-state index is 1.16. The van der Waals surface area contributed by atoms with Gasteiger partial charge in [0.25, 0.3) is 0 Å². The van der Waals surface area contributed by atoms with E-state index in [0.29, 0.717) is 0 Å². The molecule has 0 N–H and O–H groups in total. The maximum atomic E-state index is 2.49. The Balaban J connectivity index is 1.10. The van der Waals surface area contributed by atoms with Crippen LogP contribution in [0.25, 0.3) is 124 Å². The molecule has 0 unspecified atom stereocenters. The van der Waals surface area contributed by atoms with Crippen molar-refractivity contribution in [1.82, 2.24) is 4.57 Å². The van der Waals surface area contributed by atoms with Crippen LogP contribution in [0.1, 0.15) is 0 Å². The number of fused-ring (bicyclic) bond motifs is 12. The van der Waals surface area contributed by atoms with E-state index in [1.165, 1.54) is 119 Å². The summed E-state index contributed by atoms with van der Waals surface area (Å²) < 4.78 is 5.09. The molecular weight excluding hydrogens is 767 g/mol. The number of thiophene rings is 1. The number of nitrogens with zero attached hydrogens (tertiary/aromatic N) is 1. The van der Waals surface area contributed by atoms with Crippen molar-refractivity contribution in [2.75, 3.05) is 0 Å². The Hall–Kier alpha value is -7.78. The molecule has 0 bridgehead atoms. The number of aromatic nitrogens is 1. The number of hydrogen-bond acceptors (Lipinski definition) is 1. The number of benzene rings is 11. The van der Waals surface area contributed by atoms with Gasteiger partial charge in [-0.3, -0.25) is 0 Å². The van der Waals surface area contributed by atoms with Crippen LogP contribution in [0.4, 0.5) is 0 Å². The van der Waals surface area contributed by atoms with Gasteiger partial charge in [0, 0.05) is 47.8 Å². The van der Waals surface area contributed by atoms with Gasteiger partial charge in [0.1, 0.15) is 0 Å². The molecule has 0 spiro atoms. The maximum absolute atomic E-state index is 2.49. The highest BCUT2D eigenvalue weighted by atomic mass is 32.1. The summed E-state index contributed by atoms with van der Waals surface area (Å²) in [4.78, 5) is 0. The monoisotopic (exact) mass is 803 g/mol. The van der Waals surface area contributed by atoms with Crippen molar-refractivity contribution in [1.29, 1.82) is 0 Å². The molecule has 0 saturated carbocycles. The van der Waals surface area contributed by atoms with E-state index in [1.54, 1.807) is 0 Å². The molecular formula is C60H37NS. The minimum absolute atomic E-state index is 1.16. The molecule has 0 amide bonds. The predicted molar refractivity (Wildman–Crippen MR) is 268 cm³/mol. The molecule has 0 aliphatic heterocycles. The summed E-state index contributed by atoms with van der Waals surface area (Å²) in [6, 6.07) is 83.0. The van der Waals surface area contributed by atoms with E-state index in [0.717, 1.165) is 5.69 Å². The molecule has 0 aliphatic rings. The predicted octanol–water partition coefficient (Wildman–Crippen LogP) is 17.3. The Kier molecular flexibility index (Phi) is 7.85. The average Bonchev–Trinajstić information content (AvgIpc) is 3.89. The molecule has 0 saturated heterocycles. The second kappa shape index (κ2) is 13.9. The summed E-state index contributed by atoms with van der Waals surface area (Å²) in [5.41, 5.74) is 13.4. The smallest absolute Gasteiger partial charge is 0.0547 e. The number of para-hydroxylation sites is 1. The fourth-order valence-corrected chi connectivity index (χ4v) is 11.4. The quantitative estimate of drug-likeness (QED) is 0.153. The van der Waals surface area contributed by atoms with Crippen molar-refractivity contribution in [3.05, 3.63) is 224 Å². The summed E-state index contributed by atoms with van der Waals surface area (Å²) in [6.45, 7) is 0. The zero-order valence-corrected chi connectivity index (χ0v) is 34.5. The summed E-state index contributed by atoms with van der Waals surface area (Å²) >= 11 is 1.92. The Morgan fingerprint density at radius 2 is 0.677 bits per heavy atom. The zero-order chi connectivity index (χ0) is 40.7. The Morgan fingerprint density at radius 3 is 1.26 bits per heavy atom. The molecule has 0 aliphatic carbocycles. The largest absolute Gasteiger partial charge is 0.309 e. The second-order valence-corrected chi connectivity index (χ2v) is 17.4. The van der Waals surface area contributed by atoms with Crippen LogP contribution in [0, 0.1) is 0 Å². The Morgan fingerprint density at radius 1 is 0.242 bits per heavy atom. The third kappa shape index (κ3) is 5.40. The van der Waals surface area contributed by atoms with Crippen molar-refractivity contribution >= 4 is 85.6 Å². The molecule has 0 fully saturated rings. The molecule has 0 radical (unpaired) electrons. The first kappa shape index (κ1) is 35.0. The van der Waals surface area contributed by atoms with Gasteiger partial charge in [-0.1, -0.05) is 176 Å². The summed E-state index contributed by atoms with van der Waals surface area (Å²) in [7, 11) is 0. The van der Waals surface area contributed by atoms with Gasteiger partial charge in [-0.05, 0) is 114 Å². The molecule has 11 aromatic carbocycles. The molecule has 13 aromatic rings. The SMILES string of the molecule is c1ccc(-c2cc(-c3ccccc3)c3sc4c(-c5ccc6c7ccccc7n(-c7ccc8c9ccccc9c9ccccc9c8c7)c6c5)cc(-c5ccccc5)cc4c3c2)cc1. The van der Waals surface area contributed by atoms with Crippen molar-refractivity contribution in [2.45, 2.75) is 0 Å². The minimum Gasteiger partial charge on any atom is -0.309 e. The van der Waals surface area contributed by atoms with Crippen molar-refractivity contribution in [3.63, 3.8) is 0 Å². The summed E-state index contributed by atoms with van der Waals surface area (Å²) in [5.74, 6) is 0. The highest BCUT2D eigenvalue weighted by Gasteiger charge is 2.20. The highest BCUT2D eigenvalue weighted by Crippen LogP contribution is 2.48. The Bertz CT molecular complexity index is 3860. The molecule has 2 aromatic heterocycles. The van der Waals surface area contributed by atoms with E-state index >= 15 is 0 Å². The summed E-state index contributed by atoms with van der Waals surface area (Å²) in [6.07, 6.45) is 0. The van der Waals surface area contributed by atoms with Crippen LogP contribution >= 0.6 is 11.3 Å². The third-order valence-corrected chi connectivity index (χ3v) is 14.2. The van der Waals surface area contributed by atoms with Crippen LogP contribution < -0.4 is 0 Å². The molecule has 2 heterocycles. The van der Waals surface area contributed by atoms with E-state index in [1.807, 2.05) is 11.3 Å². The van der Waals surface area contributed by atoms with Crippen LogP contribution in [0.15, 0.2) is 224 Å². The first-order valence-corrected chi connectivity index (χ1v) is 22.1. The van der Waals surface area contributed by atoms with Crippen LogP contribution in [0.3, 0.4) is 0 Å². The highest BCUT2D eigenvalue weighted by molar-refractivity contribution is 7.27. The van der Waals surface area contributed by atoms with Crippen LogP contribution in [0.2, 0.25) is 0 Å². The molecule has 1 nitrogen and oxygen atoms in total. The van der Waals surface area contributed by atoms with Gasteiger partial charge >= 0.3 is 0 Å². The number of rotatable bonds is 5. The fourth-order valence-electron chi connectivity index (χ4n) is 10.1. The molecule has 62 heavy (non-hydrogen) atoms. The van der Waals surface area contributed by atoms with E-state index in [9.17, 15) is 0 Å². The topological polar surface area (TPSA) is 4.93 Å². The van der Waals surface area contributed by atoms with Gasteiger partial charge in [0.2, 0.25) is 0 Å². The van der Waals surface area contributed by atoms with Crippen molar-refractivity contribution in [3.8, 4) is 50.2 Å².